The molecule has 29 heavy (non-hydrogen) atoms. The minimum Gasteiger partial charge on any atom is -0.506 e. The molecule has 2 aromatic carbocycles. The quantitative estimate of drug-likeness (QED) is 0.649. The molecule has 1 aliphatic heterocycles. The Morgan fingerprint density at radius 3 is 2.38 bits per heavy atom. The first kappa shape index (κ1) is 20.6. The highest BCUT2D eigenvalue weighted by Gasteiger charge is 2.33. The molecule has 3 N–H and O–H groups in total. The third-order valence-electron chi connectivity index (χ3n) is 4.71. The van der Waals surface area contributed by atoms with Crippen molar-refractivity contribution in [1.29, 1.82) is 0 Å². The van der Waals surface area contributed by atoms with Crippen LogP contribution in [0.2, 0.25) is 0 Å². The molecule has 0 fully saturated rings. The number of β-amino-alcohol motifs (C(OH)–C–C–N with tert-alkyl or cyclic N) is 1. The van der Waals surface area contributed by atoms with Crippen LogP contribution in [0.4, 0.5) is 0 Å². The van der Waals surface area contributed by atoms with Crippen molar-refractivity contribution in [3.63, 3.8) is 0 Å². The zero-order valence-electron chi connectivity index (χ0n) is 16.3. The standard InChI is InChI=1S/C22H24N2O5/c1-3-29-22(28)19-20(26)21(27)24(14(2)23-19)13-18(25)17-11-9-16(10-12-17)15-7-5-4-6-8-15/h4-12,18,21,25-27H,3,13H2,1-2H3. The molecule has 1 heterocycles. The Labute approximate surface area is 169 Å². The molecule has 0 radical (unpaired) electrons. The van der Waals surface area contributed by atoms with Gasteiger partial charge in [-0.2, -0.15) is 0 Å². The molecule has 0 aliphatic carbocycles. The molecule has 2 unspecified atom stereocenters. The van der Waals surface area contributed by atoms with Gasteiger partial charge in [-0.1, -0.05) is 54.6 Å². The fraction of sp³-hybridized carbons (Fsp3) is 0.273. The monoisotopic (exact) mass is 396 g/mol. The summed E-state index contributed by atoms with van der Waals surface area (Å²) < 4.78 is 4.84. The van der Waals surface area contributed by atoms with Gasteiger partial charge in [-0.25, -0.2) is 9.79 Å². The number of amidine groups is 1. The van der Waals surface area contributed by atoms with Crippen LogP contribution >= 0.6 is 0 Å². The SMILES string of the molecule is CCOC(=O)C1=C(O)C(O)N(CC(O)c2ccc(-c3ccccc3)cc2)C(C)=N1. The van der Waals surface area contributed by atoms with Gasteiger partial charge in [0.15, 0.2) is 17.7 Å². The van der Waals surface area contributed by atoms with Crippen molar-refractivity contribution in [1.82, 2.24) is 4.90 Å². The number of nitrogens with zero attached hydrogens (tertiary/aromatic N) is 2. The van der Waals surface area contributed by atoms with Crippen LogP contribution in [-0.4, -0.2) is 51.4 Å². The van der Waals surface area contributed by atoms with Crippen molar-refractivity contribution in [2.45, 2.75) is 26.2 Å². The van der Waals surface area contributed by atoms with Crippen LogP contribution in [0.3, 0.4) is 0 Å². The minimum atomic E-state index is -1.50. The number of esters is 1. The van der Waals surface area contributed by atoms with E-state index in [1.54, 1.807) is 13.8 Å². The summed E-state index contributed by atoms with van der Waals surface area (Å²) in [6.45, 7) is 3.33. The number of benzene rings is 2. The highest BCUT2D eigenvalue weighted by Crippen LogP contribution is 2.25. The Balaban J connectivity index is 1.73. The van der Waals surface area contributed by atoms with E-state index in [2.05, 4.69) is 4.99 Å². The molecular formula is C22H24N2O5. The minimum absolute atomic E-state index is 0.0126. The fourth-order valence-electron chi connectivity index (χ4n) is 3.13. The number of hydrogen-bond acceptors (Lipinski definition) is 7. The number of carbonyl (C=O) groups excluding carboxylic acids is 1. The molecule has 7 heteroatoms. The van der Waals surface area contributed by atoms with E-state index in [0.717, 1.165) is 11.1 Å². The van der Waals surface area contributed by atoms with Gasteiger partial charge in [0.1, 0.15) is 5.84 Å². The summed E-state index contributed by atoms with van der Waals surface area (Å²) in [4.78, 5) is 17.2. The number of hydrogen-bond donors (Lipinski definition) is 3. The van der Waals surface area contributed by atoms with Gasteiger partial charge in [0.05, 0.1) is 19.3 Å². The first-order chi connectivity index (χ1) is 13.9. The molecule has 0 saturated heterocycles. The van der Waals surface area contributed by atoms with Gasteiger partial charge >= 0.3 is 5.97 Å². The third-order valence-corrected chi connectivity index (χ3v) is 4.71. The molecule has 0 spiro atoms. The highest BCUT2D eigenvalue weighted by molar-refractivity contribution is 5.95. The lowest BCUT2D eigenvalue weighted by atomic mass is 10.0. The zero-order valence-corrected chi connectivity index (χ0v) is 16.3. The smallest absolute Gasteiger partial charge is 0.360 e. The summed E-state index contributed by atoms with van der Waals surface area (Å²) in [6.07, 6.45) is -2.43. The normalized spacial score (nSPS) is 17.7. The molecule has 7 nitrogen and oxygen atoms in total. The molecule has 0 saturated carbocycles. The molecule has 0 bridgehead atoms. The van der Waals surface area contributed by atoms with Gasteiger partial charge in [0.25, 0.3) is 0 Å². The molecule has 152 valence electrons. The number of aliphatic imine (C=N–C) groups is 1. The van der Waals surface area contributed by atoms with E-state index < -0.39 is 24.1 Å². The molecule has 2 aromatic rings. The van der Waals surface area contributed by atoms with Crippen molar-refractivity contribution in [2.75, 3.05) is 13.2 Å². The maximum atomic E-state index is 11.9. The Hall–Kier alpha value is -3.16. The Morgan fingerprint density at radius 1 is 1.14 bits per heavy atom. The van der Waals surface area contributed by atoms with Crippen LogP contribution in [0, 0.1) is 0 Å². The topological polar surface area (TPSA) is 103 Å². The first-order valence-corrected chi connectivity index (χ1v) is 9.36. The van der Waals surface area contributed by atoms with E-state index in [4.69, 9.17) is 4.74 Å². The van der Waals surface area contributed by atoms with Crippen LogP contribution in [0.15, 0.2) is 71.0 Å². The van der Waals surface area contributed by atoms with E-state index >= 15 is 0 Å². The van der Waals surface area contributed by atoms with Crippen LogP contribution in [0.25, 0.3) is 11.1 Å². The number of carbonyl (C=O) groups is 1. The maximum absolute atomic E-state index is 11.9. The van der Waals surface area contributed by atoms with E-state index in [1.165, 1.54) is 4.90 Å². The van der Waals surface area contributed by atoms with Crippen LogP contribution in [0.1, 0.15) is 25.5 Å². The van der Waals surface area contributed by atoms with Crippen molar-refractivity contribution >= 4 is 11.8 Å². The molecule has 0 aromatic heterocycles. The zero-order chi connectivity index (χ0) is 21.0. The molecule has 3 rings (SSSR count). The molecule has 0 amide bonds. The van der Waals surface area contributed by atoms with Crippen molar-refractivity contribution < 1.29 is 24.9 Å². The molecule has 1 aliphatic rings. The number of aliphatic hydroxyl groups excluding tert-OH is 3. The Kier molecular flexibility index (Phi) is 6.31. The Morgan fingerprint density at radius 2 is 1.76 bits per heavy atom. The van der Waals surface area contributed by atoms with E-state index in [-0.39, 0.29) is 18.8 Å². The third kappa shape index (κ3) is 4.47. The van der Waals surface area contributed by atoms with E-state index in [0.29, 0.717) is 11.4 Å². The summed E-state index contributed by atoms with van der Waals surface area (Å²) in [7, 11) is 0. The Bertz CT molecular complexity index is 922. The van der Waals surface area contributed by atoms with Gasteiger partial charge < -0.3 is 25.0 Å². The number of ether oxygens (including phenoxy) is 1. The van der Waals surface area contributed by atoms with E-state index in [1.807, 2.05) is 54.6 Å². The maximum Gasteiger partial charge on any atom is 0.360 e. The average Bonchev–Trinajstić information content (AvgIpc) is 2.74. The predicted octanol–water partition coefficient (Wildman–Crippen LogP) is 2.77. The second-order valence-corrected chi connectivity index (χ2v) is 6.64. The van der Waals surface area contributed by atoms with Crippen LogP contribution < -0.4 is 0 Å². The summed E-state index contributed by atoms with van der Waals surface area (Å²) in [5.74, 6) is -1.11. The van der Waals surface area contributed by atoms with Crippen molar-refractivity contribution in [2.24, 2.45) is 4.99 Å². The lowest BCUT2D eigenvalue weighted by Crippen LogP contribution is -2.45. The van der Waals surface area contributed by atoms with Gasteiger partial charge in [0, 0.05) is 0 Å². The summed E-state index contributed by atoms with van der Waals surface area (Å²) >= 11 is 0. The van der Waals surface area contributed by atoms with Gasteiger partial charge in [-0.15, -0.1) is 0 Å². The second-order valence-electron chi connectivity index (χ2n) is 6.64. The number of aliphatic hydroxyl groups is 3. The van der Waals surface area contributed by atoms with Gasteiger partial charge in [-0.3, -0.25) is 0 Å². The average molecular weight is 396 g/mol. The van der Waals surface area contributed by atoms with Gasteiger partial charge in [-0.05, 0) is 30.5 Å². The number of rotatable bonds is 6. The van der Waals surface area contributed by atoms with E-state index in [9.17, 15) is 20.1 Å². The molecule has 2 atom stereocenters. The summed E-state index contributed by atoms with van der Waals surface area (Å²) in [6, 6.07) is 17.3. The van der Waals surface area contributed by atoms with Crippen molar-refractivity contribution in [3.05, 3.63) is 71.6 Å². The second kappa shape index (κ2) is 8.89. The molecular weight excluding hydrogens is 372 g/mol. The summed E-state index contributed by atoms with van der Waals surface area (Å²) in [5, 5.41) is 31.2. The predicted molar refractivity (Wildman–Crippen MR) is 109 cm³/mol. The fourth-order valence-corrected chi connectivity index (χ4v) is 3.13. The lowest BCUT2D eigenvalue weighted by Gasteiger charge is -2.34. The van der Waals surface area contributed by atoms with Crippen LogP contribution in [0.5, 0.6) is 0 Å². The largest absolute Gasteiger partial charge is 0.506 e. The lowest BCUT2D eigenvalue weighted by molar-refractivity contribution is -0.139. The first-order valence-electron chi connectivity index (χ1n) is 9.36. The van der Waals surface area contributed by atoms with Crippen molar-refractivity contribution in [3.8, 4) is 11.1 Å². The van der Waals surface area contributed by atoms with Crippen LogP contribution in [-0.2, 0) is 9.53 Å². The van der Waals surface area contributed by atoms with Gasteiger partial charge in [0.2, 0.25) is 0 Å². The summed E-state index contributed by atoms with van der Waals surface area (Å²) in [5.41, 5.74) is 2.43. The highest BCUT2D eigenvalue weighted by atomic mass is 16.5.